The van der Waals surface area contributed by atoms with Gasteiger partial charge in [0.15, 0.2) is 0 Å². The number of amides is 4. The highest BCUT2D eigenvalue weighted by Gasteiger charge is 2.56. The number of nitrogens with one attached hydrogen (secondary N) is 2. The molecule has 0 radical (unpaired) electrons. The van der Waals surface area contributed by atoms with E-state index in [1.807, 2.05) is 0 Å². The zero-order valence-corrected chi connectivity index (χ0v) is 17.2. The number of hydrogen-bond donors (Lipinski definition) is 2. The number of hydrogen-bond acceptors (Lipinski definition) is 5. The fourth-order valence-electron chi connectivity index (χ4n) is 4.80. The number of carbonyl (C=O) groups excluding carboxylic acids is 4. The van der Waals surface area contributed by atoms with Gasteiger partial charge >= 0.3 is 12.0 Å². The largest absolute Gasteiger partial charge is 0.465 e. The van der Waals surface area contributed by atoms with Crippen molar-refractivity contribution in [3.8, 4) is 0 Å². The summed E-state index contributed by atoms with van der Waals surface area (Å²) < 4.78 is 4.63. The number of urea groups is 1. The van der Waals surface area contributed by atoms with E-state index >= 15 is 0 Å². The van der Waals surface area contributed by atoms with Gasteiger partial charge in [0.1, 0.15) is 12.1 Å². The lowest BCUT2D eigenvalue weighted by Gasteiger charge is -2.43. The summed E-state index contributed by atoms with van der Waals surface area (Å²) in [5.74, 6) is -1.000. The van der Waals surface area contributed by atoms with Gasteiger partial charge in [-0.1, -0.05) is 20.8 Å². The lowest BCUT2D eigenvalue weighted by molar-refractivity contribution is -0.136. The third kappa shape index (κ3) is 4.26. The summed E-state index contributed by atoms with van der Waals surface area (Å²) in [5, 5.41) is 5.50. The standard InChI is InChI=1S/C21H27N3O5/c1-13-9-20(2,3)12-21(10-13)18(27)24(19(28)23-21)11-16(25)22-15-7-5-14(6-8-15)17(26)29-4/h5-8,13H,9-12H2,1-4H3,(H,22,25)(H,23,28)/t13-,21+/m0/s1. The van der Waals surface area contributed by atoms with E-state index in [2.05, 4.69) is 36.1 Å². The molecule has 1 saturated heterocycles. The molecule has 1 spiro atoms. The van der Waals surface area contributed by atoms with Gasteiger partial charge in [0.25, 0.3) is 5.91 Å². The Morgan fingerprint density at radius 1 is 1.21 bits per heavy atom. The van der Waals surface area contributed by atoms with Gasteiger partial charge in [0, 0.05) is 5.69 Å². The van der Waals surface area contributed by atoms with Gasteiger partial charge in [0.05, 0.1) is 12.7 Å². The van der Waals surface area contributed by atoms with E-state index in [1.54, 1.807) is 12.1 Å². The van der Waals surface area contributed by atoms with Crippen LogP contribution in [0.1, 0.15) is 50.4 Å². The highest BCUT2D eigenvalue weighted by atomic mass is 16.5. The van der Waals surface area contributed by atoms with Crippen molar-refractivity contribution in [3.63, 3.8) is 0 Å². The van der Waals surface area contributed by atoms with Gasteiger partial charge in [0.2, 0.25) is 5.91 Å². The first-order valence-electron chi connectivity index (χ1n) is 9.68. The molecule has 1 heterocycles. The van der Waals surface area contributed by atoms with Crippen LogP contribution in [-0.2, 0) is 14.3 Å². The van der Waals surface area contributed by atoms with Crippen LogP contribution in [0, 0.1) is 11.3 Å². The fourth-order valence-corrected chi connectivity index (χ4v) is 4.80. The van der Waals surface area contributed by atoms with Crippen molar-refractivity contribution in [1.82, 2.24) is 10.2 Å². The van der Waals surface area contributed by atoms with E-state index in [-0.39, 0.29) is 17.9 Å². The number of ether oxygens (including phenoxy) is 1. The predicted octanol–water partition coefficient (Wildman–Crippen LogP) is 2.55. The molecule has 1 aliphatic carbocycles. The van der Waals surface area contributed by atoms with E-state index < -0.39 is 23.4 Å². The minimum atomic E-state index is -0.930. The lowest BCUT2D eigenvalue weighted by atomic mass is 9.64. The van der Waals surface area contributed by atoms with Crippen LogP contribution in [0.2, 0.25) is 0 Å². The average Bonchev–Trinajstić information content (AvgIpc) is 2.83. The Balaban J connectivity index is 1.67. The Labute approximate surface area is 170 Å². The molecule has 156 valence electrons. The summed E-state index contributed by atoms with van der Waals surface area (Å²) in [7, 11) is 1.29. The Morgan fingerprint density at radius 2 is 1.86 bits per heavy atom. The molecule has 1 saturated carbocycles. The van der Waals surface area contributed by atoms with Crippen LogP contribution in [0.3, 0.4) is 0 Å². The number of esters is 1. The summed E-state index contributed by atoms with van der Waals surface area (Å²) in [4.78, 5) is 50.4. The molecule has 2 atom stereocenters. The van der Waals surface area contributed by atoms with Gasteiger partial charge in [-0.2, -0.15) is 0 Å². The van der Waals surface area contributed by atoms with Crippen LogP contribution in [0.4, 0.5) is 10.5 Å². The Morgan fingerprint density at radius 3 is 2.45 bits per heavy atom. The van der Waals surface area contributed by atoms with Crippen LogP contribution in [0.15, 0.2) is 24.3 Å². The highest BCUT2D eigenvalue weighted by molar-refractivity contribution is 6.10. The van der Waals surface area contributed by atoms with Crippen molar-refractivity contribution in [2.24, 2.45) is 11.3 Å². The molecule has 8 heteroatoms. The number of methoxy groups -OCH3 is 1. The maximum Gasteiger partial charge on any atom is 0.337 e. The maximum absolute atomic E-state index is 13.1. The molecule has 2 N–H and O–H groups in total. The van der Waals surface area contributed by atoms with Crippen LogP contribution >= 0.6 is 0 Å². The van der Waals surface area contributed by atoms with Crippen LogP contribution < -0.4 is 10.6 Å². The highest BCUT2D eigenvalue weighted by Crippen LogP contribution is 2.46. The minimum Gasteiger partial charge on any atom is -0.465 e. The molecular formula is C21H27N3O5. The minimum absolute atomic E-state index is 0.0692. The first kappa shape index (κ1) is 20.8. The third-order valence-electron chi connectivity index (χ3n) is 5.52. The number of benzene rings is 1. The van der Waals surface area contributed by atoms with Gasteiger partial charge < -0.3 is 15.4 Å². The van der Waals surface area contributed by atoms with Crippen molar-refractivity contribution in [2.75, 3.05) is 19.0 Å². The Hall–Kier alpha value is -2.90. The molecule has 8 nitrogen and oxygen atoms in total. The number of carbonyl (C=O) groups is 4. The monoisotopic (exact) mass is 401 g/mol. The van der Waals surface area contributed by atoms with Gasteiger partial charge in [-0.15, -0.1) is 0 Å². The summed E-state index contributed by atoms with van der Waals surface area (Å²) in [6.45, 7) is 5.91. The van der Waals surface area contributed by atoms with Gasteiger partial charge in [-0.3, -0.25) is 14.5 Å². The summed E-state index contributed by atoms with van der Waals surface area (Å²) in [5.41, 5.74) is -0.187. The molecule has 2 fully saturated rings. The number of nitrogens with zero attached hydrogens (tertiary/aromatic N) is 1. The SMILES string of the molecule is COC(=O)c1ccc(NC(=O)CN2C(=O)N[C@@]3(C[C@@H](C)CC(C)(C)C3)C2=O)cc1. The van der Waals surface area contributed by atoms with Crippen molar-refractivity contribution in [1.29, 1.82) is 0 Å². The summed E-state index contributed by atoms with van der Waals surface area (Å²) in [6, 6.07) is 5.63. The summed E-state index contributed by atoms with van der Waals surface area (Å²) >= 11 is 0. The van der Waals surface area contributed by atoms with Crippen molar-refractivity contribution >= 4 is 29.5 Å². The molecule has 0 unspecified atom stereocenters. The van der Waals surface area contributed by atoms with Gasteiger partial charge in [-0.05, 0) is 54.9 Å². The normalized spacial score (nSPS) is 25.7. The molecule has 2 aliphatic rings. The fraction of sp³-hybridized carbons (Fsp3) is 0.524. The first-order valence-corrected chi connectivity index (χ1v) is 9.68. The van der Waals surface area contributed by atoms with E-state index in [1.165, 1.54) is 19.2 Å². The lowest BCUT2D eigenvalue weighted by Crippen LogP contribution is -2.54. The van der Waals surface area contributed by atoms with Crippen LogP contribution in [-0.4, -0.2) is 47.9 Å². The molecule has 1 aromatic carbocycles. The number of imide groups is 1. The maximum atomic E-state index is 13.1. The van der Waals surface area contributed by atoms with Crippen LogP contribution in [0.5, 0.6) is 0 Å². The van der Waals surface area contributed by atoms with E-state index in [9.17, 15) is 19.2 Å². The molecule has 0 bridgehead atoms. The number of anilines is 1. The second-order valence-corrected chi connectivity index (χ2v) is 8.88. The molecule has 1 aliphatic heterocycles. The van der Waals surface area contributed by atoms with Crippen LogP contribution in [0.25, 0.3) is 0 Å². The van der Waals surface area contributed by atoms with Crippen molar-refractivity contribution in [2.45, 2.75) is 45.6 Å². The average molecular weight is 401 g/mol. The Bertz CT molecular complexity index is 848. The quantitative estimate of drug-likeness (QED) is 0.596. The topological polar surface area (TPSA) is 105 Å². The molecular weight excluding hydrogens is 374 g/mol. The molecule has 4 amide bonds. The first-order chi connectivity index (χ1) is 13.5. The molecule has 0 aromatic heterocycles. The number of rotatable bonds is 4. The second kappa shape index (κ2) is 7.50. The van der Waals surface area contributed by atoms with Gasteiger partial charge in [-0.25, -0.2) is 9.59 Å². The Kier molecular flexibility index (Phi) is 5.38. The molecule has 29 heavy (non-hydrogen) atoms. The third-order valence-corrected chi connectivity index (χ3v) is 5.52. The van der Waals surface area contributed by atoms with E-state index in [4.69, 9.17) is 0 Å². The predicted molar refractivity (Wildman–Crippen MR) is 106 cm³/mol. The van der Waals surface area contributed by atoms with E-state index in [0.29, 0.717) is 30.0 Å². The summed E-state index contributed by atoms with van der Waals surface area (Å²) in [6.07, 6.45) is 2.12. The van der Waals surface area contributed by atoms with E-state index in [0.717, 1.165) is 11.3 Å². The zero-order valence-electron chi connectivity index (χ0n) is 17.2. The molecule has 3 rings (SSSR count). The van der Waals surface area contributed by atoms with Crippen molar-refractivity contribution in [3.05, 3.63) is 29.8 Å². The zero-order chi connectivity index (χ0) is 21.4. The smallest absolute Gasteiger partial charge is 0.337 e. The second-order valence-electron chi connectivity index (χ2n) is 8.88. The molecule has 1 aromatic rings. The van der Waals surface area contributed by atoms with Crippen molar-refractivity contribution < 1.29 is 23.9 Å².